The fourth-order valence-electron chi connectivity index (χ4n) is 2.93. The first-order valence-corrected chi connectivity index (χ1v) is 10.1. The second-order valence-corrected chi connectivity index (χ2v) is 7.90. The van der Waals surface area contributed by atoms with Crippen molar-refractivity contribution in [1.82, 2.24) is 5.32 Å². The number of hydrogen-bond donors (Lipinski definition) is 1. The van der Waals surface area contributed by atoms with E-state index in [1.165, 1.54) is 16.7 Å². The summed E-state index contributed by atoms with van der Waals surface area (Å²) in [6, 6.07) is 18.4. The summed E-state index contributed by atoms with van der Waals surface area (Å²) in [5.41, 5.74) is 1.59. The van der Waals surface area contributed by atoms with Crippen molar-refractivity contribution in [1.29, 1.82) is 0 Å². The van der Waals surface area contributed by atoms with Gasteiger partial charge in [-0.25, -0.2) is 0 Å². The van der Waals surface area contributed by atoms with Gasteiger partial charge in [0.15, 0.2) is 0 Å². The zero-order valence-corrected chi connectivity index (χ0v) is 16.9. The number of amides is 2. The van der Waals surface area contributed by atoms with E-state index in [2.05, 4.69) is 5.32 Å². The van der Waals surface area contributed by atoms with Crippen LogP contribution in [0.3, 0.4) is 0 Å². The zero-order valence-electron chi connectivity index (χ0n) is 15.3. The summed E-state index contributed by atoms with van der Waals surface area (Å²) in [5.74, 6) is 0.182. The molecule has 0 spiro atoms. The summed E-state index contributed by atoms with van der Waals surface area (Å²) in [4.78, 5) is 28.6. The minimum atomic E-state index is -0.262. The fraction of sp³-hybridized carbons (Fsp3) is 0.0909. The molecule has 2 heterocycles. The molecule has 0 fully saturated rings. The molecule has 0 atom stereocenters. The molecule has 1 aliphatic heterocycles. The lowest BCUT2D eigenvalue weighted by atomic mass is 10.2. The molecule has 0 radical (unpaired) electrons. The number of nitrogens with one attached hydrogen (secondary N) is 1. The predicted octanol–water partition coefficient (Wildman–Crippen LogP) is 4.73. The van der Waals surface area contributed by atoms with Crippen molar-refractivity contribution in [3.8, 4) is 0 Å². The van der Waals surface area contributed by atoms with Crippen LogP contribution in [0.2, 0.25) is 5.02 Å². The molecule has 1 aromatic heterocycles. The van der Waals surface area contributed by atoms with Crippen molar-refractivity contribution in [2.24, 2.45) is 0 Å². The topological polar surface area (TPSA) is 62.6 Å². The van der Waals surface area contributed by atoms with E-state index in [1.807, 2.05) is 42.5 Å². The average molecular weight is 425 g/mol. The van der Waals surface area contributed by atoms with Gasteiger partial charge in [-0.2, -0.15) is 0 Å². The van der Waals surface area contributed by atoms with Crippen molar-refractivity contribution in [2.45, 2.75) is 11.4 Å². The van der Waals surface area contributed by atoms with Gasteiger partial charge in [0.25, 0.3) is 5.91 Å². The lowest BCUT2D eigenvalue weighted by Gasteiger charge is -2.29. The SMILES string of the molecule is O=C(CN1C(=O)/C(=C\c2ccc(Cl)cc2)Sc2ccccc21)NCc1ccco1. The monoisotopic (exact) mass is 424 g/mol. The first-order chi connectivity index (χ1) is 14.1. The smallest absolute Gasteiger partial charge is 0.265 e. The number of fused-ring (bicyclic) bond motifs is 1. The molecule has 4 rings (SSSR count). The Kier molecular flexibility index (Phi) is 5.74. The third kappa shape index (κ3) is 4.55. The normalized spacial score (nSPS) is 14.7. The van der Waals surface area contributed by atoms with Crippen LogP contribution in [0, 0.1) is 0 Å². The maximum atomic E-state index is 13.1. The van der Waals surface area contributed by atoms with Gasteiger partial charge in [0.2, 0.25) is 5.91 Å². The summed E-state index contributed by atoms with van der Waals surface area (Å²) in [6.07, 6.45) is 3.37. The zero-order chi connectivity index (χ0) is 20.2. The molecule has 29 heavy (non-hydrogen) atoms. The highest BCUT2D eigenvalue weighted by atomic mass is 35.5. The lowest BCUT2D eigenvalue weighted by Crippen LogP contribution is -2.42. The van der Waals surface area contributed by atoms with Gasteiger partial charge >= 0.3 is 0 Å². The molecule has 0 saturated carbocycles. The maximum Gasteiger partial charge on any atom is 0.265 e. The van der Waals surface area contributed by atoms with Gasteiger partial charge in [0, 0.05) is 9.92 Å². The Labute approximate surface area is 177 Å². The Balaban J connectivity index is 1.57. The number of rotatable bonds is 5. The third-order valence-corrected chi connectivity index (χ3v) is 5.67. The van der Waals surface area contributed by atoms with Crippen LogP contribution in [0.25, 0.3) is 6.08 Å². The molecule has 7 heteroatoms. The number of thioether (sulfide) groups is 1. The molecule has 2 aromatic carbocycles. The van der Waals surface area contributed by atoms with E-state index < -0.39 is 0 Å². The number of furan rings is 1. The van der Waals surface area contributed by atoms with E-state index >= 15 is 0 Å². The molecular weight excluding hydrogens is 408 g/mol. The third-order valence-electron chi connectivity index (χ3n) is 4.34. The number of benzene rings is 2. The van der Waals surface area contributed by atoms with Crippen molar-refractivity contribution in [3.05, 3.63) is 88.2 Å². The summed E-state index contributed by atoms with van der Waals surface area (Å²) < 4.78 is 5.23. The predicted molar refractivity (Wildman–Crippen MR) is 115 cm³/mol. The molecule has 0 unspecified atom stereocenters. The van der Waals surface area contributed by atoms with Gasteiger partial charge in [-0.05, 0) is 48.0 Å². The summed E-state index contributed by atoms with van der Waals surface area (Å²) >= 11 is 7.34. The highest BCUT2D eigenvalue weighted by Gasteiger charge is 2.30. The van der Waals surface area contributed by atoms with Crippen LogP contribution >= 0.6 is 23.4 Å². The van der Waals surface area contributed by atoms with E-state index in [9.17, 15) is 9.59 Å². The number of para-hydroxylation sites is 1. The molecule has 146 valence electrons. The Morgan fingerprint density at radius 3 is 2.66 bits per heavy atom. The Morgan fingerprint density at radius 2 is 1.90 bits per heavy atom. The van der Waals surface area contributed by atoms with Crippen LogP contribution in [0.15, 0.2) is 81.1 Å². The van der Waals surface area contributed by atoms with Crippen molar-refractivity contribution in [2.75, 3.05) is 11.4 Å². The van der Waals surface area contributed by atoms with Crippen LogP contribution < -0.4 is 10.2 Å². The number of anilines is 1. The molecule has 0 aliphatic carbocycles. The number of nitrogens with zero attached hydrogens (tertiary/aromatic N) is 1. The second kappa shape index (κ2) is 8.59. The fourth-order valence-corrected chi connectivity index (χ4v) is 4.11. The van der Waals surface area contributed by atoms with Gasteiger partial charge in [0.05, 0.1) is 23.4 Å². The van der Waals surface area contributed by atoms with E-state index in [0.29, 0.717) is 15.7 Å². The second-order valence-electron chi connectivity index (χ2n) is 6.38. The average Bonchev–Trinajstić information content (AvgIpc) is 3.25. The van der Waals surface area contributed by atoms with Crippen LogP contribution in [0.1, 0.15) is 11.3 Å². The number of carbonyl (C=O) groups is 2. The number of hydrogen-bond acceptors (Lipinski definition) is 4. The van der Waals surface area contributed by atoms with Gasteiger partial charge in [0.1, 0.15) is 12.3 Å². The van der Waals surface area contributed by atoms with Crippen molar-refractivity contribution in [3.63, 3.8) is 0 Å². The molecule has 1 N–H and O–H groups in total. The molecule has 5 nitrogen and oxygen atoms in total. The van der Waals surface area contributed by atoms with Crippen molar-refractivity contribution < 1.29 is 14.0 Å². The Bertz CT molecular complexity index is 1060. The van der Waals surface area contributed by atoms with Gasteiger partial charge < -0.3 is 9.73 Å². The molecule has 2 amide bonds. The van der Waals surface area contributed by atoms with E-state index in [1.54, 1.807) is 30.5 Å². The first kappa shape index (κ1) is 19.4. The Hall–Kier alpha value is -2.96. The minimum Gasteiger partial charge on any atom is -0.467 e. The lowest BCUT2D eigenvalue weighted by molar-refractivity contribution is -0.122. The van der Waals surface area contributed by atoms with Gasteiger partial charge in [-0.3, -0.25) is 14.5 Å². The maximum absolute atomic E-state index is 13.1. The van der Waals surface area contributed by atoms with Crippen LogP contribution in [-0.4, -0.2) is 18.4 Å². The Morgan fingerprint density at radius 1 is 1.10 bits per heavy atom. The van der Waals surface area contributed by atoms with Crippen LogP contribution in [-0.2, 0) is 16.1 Å². The summed E-state index contributed by atoms with van der Waals surface area (Å²) in [5, 5.41) is 3.42. The van der Waals surface area contributed by atoms with Gasteiger partial charge in [-0.1, -0.05) is 47.6 Å². The quantitative estimate of drug-likeness (QED) is 0.601. The standard InChI is InChI=1S/C22H17ClN2O3S/c23-16-9-7-15(8-10-16)12-20-22(27)25(18-5-1-2-6-19(18)29-20)14-21(26)24-13-17-4-3-11-28-17/h1-12H,13-14H2,(H,24,26)/b20-12+. The van der Waals surface area contributed by atoms with Gasteiger partial charge in [-0.15, -0.1) is 0 Å². The largest absolute Gasteiger partial charge is 0.467 e. The highest BCUT2D eigenvalue weighted by molar-refractivity contribution is 8.04. The molecule has 1 aliphatic rings. The van der Waals surface area contributed by atoms with Crippen LogP contribution in [0.4, 0.5) is 5.69 Å². The summed E-state index contributed by atoms with van der Waals surface area (Å²) in [7, 11) is 0. The number of carbonyl (C=O) groups excluding carboxylic acids is 2. The first-order valence-electron chi connectivity index (χ1n) is 8.95. The van der Waals surface area contributed by atoms with Crippen LogP contribution in [0.5, 0.6) is 0 Å². The molecule has 0 saturated heterocycles. The van der Waals surface area contributed by atoms with Crippen molar-refractivity contribution >= 4 is 46.9 Å². The van der Waals surface area contributed by atoms with E-state index in [-0.39, 0.29) is 24.9 Å². The summed E-state index contributed by atoms with van der Waals surface area (Å²) in [6.45, 7) is 0.201. The molecular formula is C22H17ClN2O3S. The molecule has 3 aromatic rings. The van der Waals surface area contributed by atoms with E-state index in [4.69, 9.17) is 16.0 Å². The van der Waals surface area contributed by atoms with E-state index in [0.717, 1.165) is 16.1 Å². The number of halogens is 1. The minimum absolute atomic E-state index is 0.0743. The highest BCUT2D eigenvalue weighted by Crippen LogP contribution is 2.41. The molecule has 0 bridgehead atoms.